The molecular formula is C14H8N4O2. The predicted octanol–water partition coefficient (Wildman–Crippen LogP) is 2.94. The first-order valence-electron chi connectivity index (χ1n) is 6.05. The number of fused-ring (bicyclic) bond motifs is 4. The molecule has 0 amide bonds. The van der Waals surface area contributed by atoms with Crippen LogP contribution in [0.2, 0.25) is 0 Å². The zero-order chi connectivity index (χ0) is 13.7. The smallest absolute Gasteiger partial charge is 0.293 e. The molecule has 0 radical (unpaired) electrons. The molecule has 4 rings (SSSR count). The summed E-state index contributed by atoms with van der Waals surface area (Å²) in [4.78, 5) is 19.9. The van der Waals surface area contributed by atoms with Crippen LogP contribution in [0.4, 0.5) is 5.69 Å². The van der Waals surface area contributed by atoms with Gasteiger partial charge in [0.2, 0.25) is 0 Å². The van der Waals surface area contributed by atoms with Gasteiger partial charge in [0.05, 0.1) is 16.0 Å². The van der Waals surface area contributed by atoms with E-state index in [0.29, 0.717) is 22.2 Å². The molecule has 4 aromatic rings. The number of para-hydroxylation sites is 2. The Balaban J connectivity index is 2.32. The SMILES string of the molecule is O=[N+]([O-])c1c2nc3ccccc3nc2n2ccccc12. The minimum absolute atomic E-state index is 0.00106. The molecule has 0 fully saturated rings. The van der Waals surface area contributed by atoms with E-state index in [9.17, 15) is 10.1 Å². The summed E-state index contributed by atoms with van der Waals surface area (Å²) < 4.78 is 1.70. The lowest BCUT2D eigenvalue weighted by Crippen LogP contribution is -1.90. The van der Waals surface area contributed by atoms with E-state index in [4.69, 9.17) is 0 Å². The Morgan fingerprint density at radius 2 is 1.70 bits per heavy atom. The van der Waals surface area contributed by atoms with E-state index in [0.717, 1.165) is 5.52 Å². The highest BCUT2D eigenvalue weighted by Gasteiger charge is 2.23. The lowest BCUT2D eigenvalue weighted by atomic mass is 10.3. The molecule has 20 heavy (non-hydrogen) atoms. The van der Waals surface area contributed by atoms with Crippen molar-refractivity contribution in [1.82, 2.24) is 14.4 Å². The Bertz CT molecular complexity index is 990. The molecule has 3 aromatic heterocycles. The molecule has 0 atom stereocenters. The highest BCUT2D eigenvalue weighted by molar-refractivity contribution is 5.98. The number of pyridine rings is 1. The molecule has 0 spiro atoms. The van der Waals surface area contributed by atoms with Crippen LogP contribution in [0, 0.1) is 10.1 Å². The van der Waals surface area contributed by atoms with Gasteiger partial charge >= 0.3 is 5.69 Å². The number of hydrogen-bond donors (Lipinski definition) is 0. The molecule has 96 valence electrons. The van der Waals surface area contributed by atoms with Crippen LogP contribution in [0.25, 0.3) is 27.7 Å². The zero-order valence-electron chi connectivity index (χ0n) is 10.2. The van der Waals surface area contributed by atoms with Gasteiger partial charge in [-0.3, -0.25) is 14.5 Å². The Hall–Kier alpha value is -3.02. The third kappa shape index (κ3) is 1.33. The van der Waals surface area contributed by atoms with Gasteiger partial charge < -0.3 is 0 Å². The van der Waals surface area contributed by atoms with Crippen LogP contribution in [-0.4, -0.2) is 19.3 Å². The van der Waals surface area contributed by atoms with Crippen molar-refractivity contribution in [3.8, 4) is 0 Å². The van der Waals surface area contributed by atoms with Gasteiger partial charge in [-0.05, 0) is 24.3 Å². The van der Waals surface area contributed by atoms with Crippen molar-refractivity contribution in [1.29, 1.82) is 0 Å². The van der Waals surface area contributed by atoms with Crippen LogP contribution in [0.15, 0.2) is 48.7 Å². The van der Waals surface area contributed by atoms with E-state index in [1.807, 2.05) is 24.3 Å². The van der Waals surface area contributed by atoms with Crippen LogP contribution in [0.3, 0.4) is 0 Å². The molecule has 0 saturated carbocycles. The quantitative estimate of drug-likeness (QED) is 0.391. The molecule has 1 aromatic carbocycles. The van der Waals surface area contributed by atoms with Crippen LogP contribution in [0.1, 0.15) is 0 Å². The molecular weight excluding hydrogens is 256 g/mol. The first-order valence-corrected chi connectivity index (χ1v) is 6.05. The first-order chi connectivity index (χ1) is 9.75. The normalized spacial score (nSPS) is 11.4. The Labute approximate surface area is 112 Å². The molecule has 0 unspecified atom stereocenters. The fourth-order valence-electron chi connectivity index (χ4n) is 2.44. The number of hydrogen-bond acceptors (Lipinski definition) is 4. The van der Waals surface area contributed by atoms with E-state index in [1.165, 1.54) is 0 Å². The molecule has 0 bridgehead atoms. The molecule has 6 heteroatoms. The lowest BCUT2D eigenvalue weighted by Gasteiger charge is -1.97. The van der Waals surface area contributed by atoms with Crippen LogP contribution in [-0.2, 0) is 0 Å². The second kappa shape index (κ2) is 3.74. The van der Waals surface area contributed by atoms with Crippen molar-refractivity contribution in [3.63, 3.8) is 0 Å². The molecule has 6 nitrogen and oxygen atoms in total. The van der Waals surface area contributed by atoms with E-state index < -0.39 is 4.92 Å². The summed E-state index contributed by atoms with van der Waals surface area (Å²) in [6.45, 7) is 0. The van der Waals surface area contributed by atoms with Gasteiger partial charge in [0, 0.05) is 6.20 Å². The van der Waals surface area contributed by atoms with E-state index in [-0.39, 0.29) is 5.69 Å². The Kier molecular flexibility index (Phi) is 2.03. The molecule has 0 saturated heterocycles. The molecule has 0 aliphatic heterocycles. The average molecular weight is 264 g/mol. The third-order valence-electron chi connectivity index (χ3n) is 3.29. The van der Waals surface area contributed by atoms with Crippen molar-refractivity contribution < 1.29 is 4.92 Å². The number of aromatic nitrogens is 3. The summed E-state index contributed by atoms with van der Waals surface area (Å²) in [5.41, 5.74) is 2.70. The van der Waals surface area contributed by atoms with Gasteiger partial charge in [0.25, 0.3) is 0 Å². The van der Waals surface area contributed by atoms with E-state index >= 15 is 0 Å². The summed E-state index contributed by atoms with van der Waals surface area (Å²) in [5, 5.41) is 11.4. The standard InChI is InChI=1S/C14H8N4O2/c19-18(20)13-11-7-3-4-8-17(11)14-12(13)15-9-5-1-2-6-10(9)16-14/h1-8H. The van der Waals surface area contributed by atoms with E-state index in [1.54, 1.807) is 28.8 Å². The van der Waals surface area contributed by atoms with Crippen molar-refractivity contribution in [2.75, 3.05) is 0 Å². The van der Waals surface area contributed by atoms with Gasteiger partial charge in [-0.25, -0.2) is 9.97 Å². The van der Waals surface area contributed by atoms with Crippen molar-refractivity contribution in [2.24, 2.45) is 0 Å². The van der Waals surface area contributed by atoms with Crippen molar-refractivity contribution in [3.05, 3.63) is 58.8 Å². The maximum absolute atomic E-state index is 11.4. The summed E-state index contributed by atoms with van der Waals surface area (Å²) in [6, 6.07) is 12.6. The molecule has 0 N–H and O–H groups in total. The van der Waals surface area contributed by atoms with Crippen LogP contribution < -0.4 is 0 Å². The van der Waals surface area contributed by atoms with Gasteiger partial charge in [-0.1, -0.05) is 18.2 Å². The Morgan fingerprint density at radius 1 is 1.00 bits per heavy atom. The van der Waals surface area contributed by atoms with Gasteiger partial charge in [-0.2, -0.15) is 0 Å². The van der Waals surface area contributed by atoms with Gasteiger partial charge in [0.1, 0.15) is 5.52 Å². The predicted molar refractivity (Wildman–Crippen MR) is 74.7 cm³/mol. The third-order valence-corrected chi connectivity index (χ3v) is 3.29. The second-order valence-corrected chi connectivity index (χ2v) is 4.45. The largest absolute Gasteiger partial charge is 0.322 e. The number of rotatable bonds is 1. The van der Waals surface area contributed by atoms with Crippen LogP contribution in [0.5, 0.6) is 0 Å². The molecule has 0 aliphatic rings. The highest BCUT2D eigenvalue weighted by atomic mass is 16.6. The van der Waals surface area contributed by atoms with Gasteiger partial charge in [0.15, 0.2) is 11.2 Å². The number of nitro groups is 1. The fraction of sp³-hybridized carbons (Fsp3) is 0. The van der Waals surface area contributed by atoms with Gasteiger partial charge in [-0.15, -0.1) is 0 Å². The minimum Gasteiger partial charge on any atom is -0.293 e. The molecule has 3 heterocycles. The highest BCUT2D eigenvalue weighted by Crippen LogP contribution is 2.31. The number of benzene rings is 1. The zero-order valence-corrected chi connectivity index (χ0v) is 10.2. The molecule has 0 aliphatic carbocycles. The fourth-order valence-corrected chi connectivity index (χ4v) is 2.44. The van der Waals surface area contributed by atoms with Crippen molar-refractivity contribution in [2.45, 2.75) is 0 Å². The average Bonchev–Trinajstić information content (AvgIpc) is 2.78. The van der Waals surface area contributed by atoms with Crippen LogP contribution >= 0.6 is 0 Å². The minimum atomic E-state index is -0.402. The monoisotopic (exact) mass is 264 g/mol. The Morgan fingerprint density at radius 3 is 2.45 bits per heavy atom. The summed E-state index contributed by atoms with van der Waals surface area (Å²) in [7, 11) is 0. The summed E-state index contributed by atoms with van der Waals surface area (Å²) in [6.07, 6.45) is 1.76. The summed E-state index contributed by atoms with van der Waals surface area (Å²) in [5.74, 6) is 0. The maximum Gasteiger partial charge on any atom is 0.322 e. The topological polar surface area (TPSA) is 73.3 Å². The lowest BCUT2D eigenvalue weighted by molar-refractivity contribution is -0.381. The van der Waals surface area contributed by atoms with E-state index in [2.05, 4.69) is 9.97 Å². The second-order valence-electron chi connectivity index (χ2n) is 4.45. The first kappa shape index (κ1) is 10.9. The maximum atomic E-state index is 11.4. The number of nitrogens with zero attached hydrogens (tertiary/aromatic N) is 4. The summed E-state index contributed by atoms with van der Waals surface area (Å²) >= 11 is 0. The van der Waals surface area contributed by atoms with Crippen molar-refractivity contribution >= 4 is 33.4 Å².